The molecular weight excluding hydrogens is 394 g/mol. The molecule has 0 aliphatic carbocycles. The zero-order valence-corrected chi connectivity index (χ0v) is 16.7. The van der Waals surface area contributed by atoms with E-state index in [0.717, 1.165) is 10.4 Å². The molecular formula is C21H19NO6S. The van der Waals surface area contributed by atoms with Crippen molar-refractivity contribution in [1.29, 1.82) is 0 Å². The van der Waals surface area contributed by atoms with Gasteiger partial charge in [-0.1, -0.05) is 30.3 Å². The highest BCUT2D eigenvalue weighted by atomic mass is 32.1. The highest BCUT2D eigenvalue weighted by Gasteiger charge is 2.24. The first-order chi connectivity index (χ1) is 14.0. The van der Waals surface area contributed by atoms with Gasteiger partial charge in [-0.3, -0.25) is 4.79 Å². The first-order valence-corrected chi connectivity index (χ1v) is 9.73. The summed E-state index contributed by atoms with van der Waals surface area (Å²) in [4.78, 5) is 37.6. The fourth-order valence-corrected chi connectivity index (χ4v) is 3.52. The number of benzene rings is 1. The number of carbonyl (C=O) groups excluding carboxylic acids is 3. The summed E-state index contributed by atoms with van der Waals surface area (Å²) in [5.41, 5.74) is 1.15. The number of nitrogens with one attached hydrogen (secondary N) is 1. The van der Waals surface area contributed by atoms with E-state index in [1.807, 2.05) is 30.3 Å². The highest BCUT2D eigenvalue weighted by Crippen LogP contribution is 2.36. The molecule has 1 aromatic carbocycles. The van der Waals surface area contributed by atoms with Crippen LogP contribution in [-0.4, -0.2) is 30.6 Å². The second-order valence-electron chi connectivity index (χ2n) is 5.95. The van der Waals surface area contributed by atoms with E-state index in [1.165, 1.54) is 30.6 Å². The van der Waals surface area contributed by atoms with Gasteiger partial charge in [-0.15, -0.1) is 11.3 Å². The largest absolute Gasteiger partial charge is 0.462 e. The van der Waals surface area contributed by atoms with Crippen LogP contribution in [0.1, 0.15) is 34.8 Å². The summed E-state index contributed by atoms with van der Waals surface area (Å²) in [5.74, 6) is -1.86. The van der Waals surface area contributed by atoms with Crippen LogP contribution in [0.3, 0.4) is 0 Å². The van der Waals surface area contributed by atoms with Gasteiger partial charge in [0.05, 0.1) is 18.4 Å². The Morgan fingerprint density at radius 2 is 1.86 bits per heavy atom. The molecule has 1 N–H and O–H groups in total. The van der Waals surface area contributed by atoms with E-state index in [4.69, 9.17) is 13.9 Å². The summed E-state index contributed by atoms with van der Waals surface area (Å²) in [6.07, 6.45) is 0.244. The molecule has 0 spiro atoms. The number of ether oxygens (including phenoxy) is 2. The van der Waals surface area contributed by atoms with Crippen molar-refractivity contribution in [3.05, 3.63) is 66.1 Å². The maximum absolute atomic E-state index is 12.5. The molecule has 2 heterocycles. The van der Waals surface area contributed by atoms with E-state index in [-0.39, 0.29) is 17.9 Å². The van der Waals surface area contributed by atoms with Gasteiger partial charge in [-0.2, -0.15) is 0 Å². The molecule has 3 rings (SSSR count). The summed E-state index contributed by atoms with van der Waals surface area (Å²) in [6, 6.07) is 14.1. The molecule has 1 unspecified atom stereocenters. The van der Waals surface area contributed by atoms with Gasteiger partial charge in [0.15, 0.2) is 6.10 Å². The zero-order valence-electron chi connectivity index (χ0n) is 15.8. The average Bonchev–Trinajstić information content (AvgIpc) is 3.39. The van der Waals surface area contributed by atoms with E-state index < -0.39 is 23.9 Å². The molecule has 29 heavy (non-hydrogen) atoms. The summed E-state index contributed by atoms with van der Waals surface area (Å²) < 4.78 is 15.2. The molecule has 150 valence electrons. The Bertz CT molecular complexity index is 994. The third kappa shape index (κ3) is 4.91. The van der Waals surface area contributed by atoms with Gasteiger partial charge in [-0.05, 0) is 37.6 Å². The van der Waals surface area contributed by atoms with Gasteiger partial charge < -0.3 is 19.2 Å². The summed E-state index contributed by atoms with van der Waals surface area (Å²) in [5, 5.41) is 2.99. The molecule has 2 aromatic heterocycles. The number of hydrogen-bond acceptors (Lipinski definition) is 7. The first-order valence-electron chi connectivity index (χ1n) is 8.91. The fourth-order valence-electron chi connectivity index (χ4n) is 2.47. The van der Waals surface area contributed by atoms with Gasteiger partial charge in [0.1, 0.15) is 5.00 Å². The van der Waals surface area contributed by atoms with Crippen molar-refractivity contribution in [3.8, 4) is 10.4 Å². The number of esters is 2. The SMILES string of the molecule is CCOC(=O)c1cc(-c2ccccc2)sc1NC(=O)C(C)OC(=O)c1ccco1. The quantitative estimate of drug-likeness (QED) is 0.578. The molecule has 3 aromatic rings. The number of thiophene rings is 1. The zero-order chi connectivity index (χ0) is 20.8. The van der Waals surface area contributed by atoms with Crippen LogP contribution in [0.15, 0.2) is 59.2 Å². The monoisotopic (exact) mass is 413 g/mol. The Hall–Kier alpha value is -3.39. The molecule has 1 atom stereocenters. The lowest BCUT2D eigenvalue weighted by Crippen LogP contribution is -2.30. The predicted octanol–water partition coefficient (Wildman–Crippen LogP) is 4.37. The molecule has 0 fully saturated rings. The van der Waals surface area contributed by atoms with E-state index in [0.29, 0.717) is 5.00 Å². The standard InChI is InChI=1S/C21H19NO6S/c1-3-26-20(24)15-12-17(14-8-5-4-6-9-14)29-19(15)22-18(23)13(2)28-21(25)16-10-7-11-27-16/h4-13H,3H2,1-2H3,(H,22,23). The van der Waals surface area contributed by atoms with Gasteiger partial charge in [0.25, 0.3) is 5.91 Å². The molecule has 0 aliphatic heterocycles. The molecule has 0 saturated carbocycles. The van der Waals surface area contributed by atoms with Crippen molar-refractivity contribution in [2.45, 2.75) is 20.0 Å². The molecule has 0 radical (unpaired) electrons. The molecule has 0 aliphatic rings. The van der Waals surface area contributed by atoms with Gasteiger partial charge >= 0.3 is 11.9 Å². The number of rotatable bonds is 7. The minimum atomic E-state index is -1.09. The molecule has 8 heteroatoms. The van der Waals surface area contributed by atoms with Crippen LogP contribution in [0.2, 0.25) is 0 Å². The van der Waals surface area contributed by atoms with Crippen molar-refractivity contribution in [1.82, 2.24) is 0 Å². The second-order valence-corrected chi connectivity index (χ2v) is 7.01. The molecule has 0 bridgehead atoms. The van der Waals surface area contributed by atoms with Crippen molar-refractivity contribution in [3.63, 3.8) is 0 Å². The van der Waals surface area contributed by atoms with Crippen molar-refractivity contribution in [2.75, 3.05) is 11.9 Å². The number of hydrogen-bond donors (Lipinski definition) is 1. The van der Waals surface area contributed by atoms with E-state index in [2.05, 4.69) is 5.32 Å². The lowest BCUT2D eigenvalue weighted by atomic mass is 10.1. The fraction of sp³-hybridized carbons (Fsp3) is 0.190. The summed E-state index contributed by atoms with van der Waals surface area (Å²) in [7, 11) is 0. The van der Waals surface area contributed by atoms with Crippen LogP contribution in [0, 0.1) is 0 Å². The summed E-state index contributed by atoms with van der Waals surface area (Å²) >= 11 is 1.24. The van der Waals surface area contributed by atoms with Crippen LogP contribution in [-0.2, 0) is 14.3 Å². The van der Waals surface area contributed by atoms with Gasteiger partial charge in [0, 0.05) is 4.88 Å². The summed E-state index contributed by atoms with van der Waals surface area (Å²) in [6.45, 7) is 3.35. The minimum Gasteiger partial charge on any atom is -0.462 e. The van der Waals surface area contributed by atoms with E-state index in [1.54, 1.807) is 19.1 Å². The Kier molecular flexibility index (Phi) is 6.46. The number of anilines is 1. The van der Waals surface area contributed by atoms with Crippen LogP contribution < -0.4 is 5.32 Å². The van der Waals surface area contributed by atoms with Crippen LogP contribution in [0.25, 0.3) is 10.4 Å². The number of furan rings is 1. The third-order valence-corrected chi connectivity index (χ3v) is 5.00. The van der Waals surface area contributed by atoms with Crippen LogP contribution in [0.4, 0.5) is 5.00 Å². The van der Waals surface area contributed by atoms with Gasteiger partial charge in [-0.25, -0.2) is 9.59 Å². The number of carbonyl (C=O) groups is 3. The second kappa shape index (κ2) is 9.20. The Balaban J connectivity index is 1.79. The Labute approximate surface area is 171 Å². The number of amides is 1. The minimum absolute atomic E-state index is 0.000602. The maximum Gasteiger partial charge on any atom is 0.374 e. The Morgan fingerprint density at radius 3 is 2.52 bits per heavy atom. The molecule has 1 amide bonds. The van der Waals surface area contributed by atoms with Crippen LogP contribution in [0.5, 0.6) is 0 Å². The smallest absolute Gasteiger partial charge is 0.374 e. The van der Waals surface area contributed by atoms with Crippen molar-refractivity contribution >= 4 is 34.2 Å². The van der Waals surface area contributed by atoms with Gasteiger partial charge in [0.2, 0.25) is 5.76 Å². The Morgan fingerprint density at radius 1 is 1.10 bits per heavy atom. The first kappa shape index (κ1) is 20.3. The topological polar surface area (TPSA) is 94.8 Å². The van der Waals surface area contributed by atoms with E-state index >= 15 is 0 Å². The third-order valence-electron chi connectivity index (χ3n) is 3.90. The predicted molar refractivity (Wildman–Crippen MR) is 108 cm³/mol. The molecule has 0 saturated heterocycles. The normalized spacial score (nSPS) is 11.5. The highest BCUT2D eigenvalue weighted by molar-refractivity contribution is 7.20. The van der Waals surface area contributed by atoms with Crippen LogP contribution >= 0.6 is 11.3 Å². The average molecular weight is 413 g/mol. The lowest BCUT2D eigenvalue weighted by Gasteiger charge is -2.12. The van der Waals surface area contributed by atoms with E-state index in [9.17, 15) is 14.4 Å². The lowest BCUT2D eigenvalue weighted by molar-refractivity contribution is -0.123. The van der Waals surface area contributed by atoms with Crippen molar-refractivity contribution in [2.24, 2.45) is 0 Å². The van der Waals surface area contributed by atoms with Crippen molar-refractivity contribution < 1.29 is 28.3 Å². The molecule has 7 nitrogen and oxygen atoms in total. The maximum atomic E-state index is 12.5.